The van der Waals surface area contributed by atoms with Crippen LogP contribution in [-0.2, 0) is 40.2 Å². The lowest BCUT2D eigenvalue weighted by atomic mass is 10.1. The number of nitrogens with one attached hydrogen (secondary N) is 1. The monoisotopic (exact) mass is 625 g/mol. The summed E-state index contributed by atoms with van der Waals surface area (Å²) in [5.41, 5.74) is 2.01. The van der Waals surface area contributed by atoms with Crippen LogP contribution in [0.4, 0.5) is 5.00 Å². The zero-order valence-electron chi connectivity index (χ0n) is 23.3. The van der Waals surface area contributed by atoms with Gasteiger partial charge >= 0.3 is 11.9 Å². The number of esters is 2. The Balaban J connectivity index is 1.82. The van der Waals surface area contributed by atoms with Crippen LogP contribution in [0.25, 0.3) is 10.2 Å². The quantitative estimate of drug-likeness (QED) is 0.299. The van der Waals surface area contributed by atoms with Crippen LogP contribution in [0.5, 0.6) is 0 Å². The molecule has 12 nitrogen and oxygen atoms in total. The molecule has 0 bridgehead atoms. The minimum absolute atomic E-state index is 0.0428. The van der Waals surface area contributed by atoms with E-state index in [4.69, 9.17) is 14.2 Å². The van der Waals surface area contributed by atoms with Crippen molar-refractivity contribution in [2.45, 2.75) is 34.2 Å². The number of nitrogens with zero attached hydrogens (tertiary/aromatic N) is 2. The molecule has 0 aliphatic heterocycles. The van der Waals surface area contributed by atoms with E-state index < -0.39 is 45.1 Å². The molecular weight excluding hydrogens is 594 g/mol. The van der Waals surface area contributed by atoms with Crippen molar-refractivity contribution in [1.29, 1.82) is 0 Å². The van der Waals surface area contributed by atoms with Crippen LogP contribution in [0.15, 0.2) is 23.2 Å². The van der Waals surface area contributed by atoms with Gasteiger partial charge in [-0.1, -0.05) is 17.4 Å². The number of sulfone groups is 1. The zero-order valence-corrected chi connectivity index (χ0v) is 25.7. The van der Waals surface area contributed by atoms with Crippen molar-refractivity contribution in [1.82, 2.24) is 4.57 Å². The molecule has 3 rings (SSSR count). The number of aromatic nitrogens is 1. The van der Waals surface area contributed by atoms with Crippen LogP contribution < -0.4 is 10.1 Å². The summed E-state index contributed by atoms with van der Waals surface area (Å²) in [5, 5.41) is 2.32. The number of carbonyl (C=O) groups excluding carboxylic acids is 4. The van der Waals surface area contributed by atoms with E-state index in [2.05, 4.69) is 10.3 Å². The summed E-state index contributed by atoms with van der Waals surface area (Å²) in [6.45, 7) is 7.54. The van der Waals surface area contributed by atoms with E-state index in [-0.39, 0.29) is 34.2 Å². The molecule has 41 heavy (non-hydrogen) atoms. The van der Waals surface area contributed by atoms with Crippen molar-refractivity contribution >= 4 is 71.5 Å². The third-order valence-electron chi connectivity index (χ3n) is 5.61. The average molecular weight is 626 g/mol. The van der Waals surface area contributed by atoms with Gasteiger partial charge in [0.15, 0.2) is 14.6 Å². The maximum Gasteiger partial charge on any atom is 0.348 e. The molecule has 1 N–H and O–H groups in total. The first kappa shape index (κ1) is 32.1. The lowest BCUT2D eigenvalue weighted by Crippen LogP contribution is -2.28. The number of thiazole rings is 1. The van der Waals surface area contributed by atoms with E-state index >= 15 is 0 Å². The summed E-state index contributed by atoms with van der Waals surface area (Å²) in [4.78, 5) is 54.7. The van der Waals surface area contributed by atoms with E-state index in [1.807, 2.05) is 25.1 Å². The average Bonchev–Trinajstić information content (AvgIpc) is 3.37. The first-order chi connectivity index (χ1) is 19.4. The number of anilines is 1. The van der Waals surface area contributed by atoms with Gasteiger partial charge in [0, 0.05) is 13.7 Å². The number of fused-ring (bicyclic) bond motifs is 1. The van der Waals surface area contributed by atoms with Crippen LogP contribution in [0.1, 0.15) is 45.0 Å². The number of methoxy groups -OCH3 is 1. The third kappa shape index (κ3) is 8.09. The molecule has 0 fully saturated rings. The number of aryl methyl sites for hydroxylation is 1. The number of hydrogen-bond acceptors (Lipinski definition) is 11. The van der Waals surface area contributed by atoms with E-state index in [0.29, 0.717) is 18.0 Å². The Labute approximate surface area is 244 Å². The third-order valence-corrected chi connectivity index (χ3v) is 9.23. The van der Waals surface area contributed by atoms with Gasteiger partial charge in [-0.3, -0.25) is 9.59 Å². The highest BCUT2D eigenvalue weighted by Crippen LogP contribution is 2.34. The summed E-state index contributed by atoms with van der Waals surface area (Å²) >= 11 is 2.01. The number of benzene rings is 1. The summed E-state index contributed by atoms with van der Waals surface area (Å²) in [6, 6.07) is 5.76. The second kappa shape index (κ2) is 14.0. The molecule has 0 aliphatic rings. The van der Waals surface area contributed by atoms with Crippen molar-refractivity contribution in [3.8, 4) is 0 Å². The summed E-state index contributed by atoms with van der Waals surface area (Å²) < 4.78 is 43.4. The Bertz CT molecular complexity index is 1650. The Morgan fingerprint density at radius 2 is 1.68 bits per heavy atom. The molecule has 2 heterocycles. The number of thiophene rings is 1. The highest BCUT2D eigenvalue weighted by Gasteiger charge is 2.29. The fourth-order valence-electron chi connectivity index (χ4n) is 3.85. The molecule has 0 atom stereocenters. The zero-order chi connectivity index (χ0) is 30.3. The highest BCUT2D eigenvalue weighted by molar-refractivity contribution is 7.92. The van der Waals surface area contributed by atoms with E-state index in [1.54, 1.807) is 25.5 Å². The molecule has 3 aromatic rings. The van der Waals surface area contributed by atoms with E-state index in [9.17, 15) is 27.6 Å². The molecule has 0 spiro atoms. The fourth-order valence-corrected chi connectivity index (χ4v) is 7.14. The van der Waals surface area contributed by atoms with Gasteiger partial charge in [-0.2, -0.15) is 4.99 Å². The normalized spacial score (nSPS) is 12.0. The lowest BCUT2D eigenvalue weighted by molar-refractivity contribution is -0.115. The minimum atomic E-state index is -4.25. The summed E-state index contributed by atoms with van der Waals surface area (Å²) in [7, 11) is -2.70. The SMILES string of the molecule is CCOC(=O)c1sc(NC(=O)CS(=O)(=O)CC(=O)N=c2sc3cc(C)ccc3n2CCOC)c(C(=O)OCC)c1C. The van der Waals surface area contributed by atoms with Crippen LogP contribution in [-0.4, -0.2) is 75.2 Å². The van der Waals surface area contributed by atoms with Crippen molar-refractivity contribution < 1.29 is 41.8 Å². The number of carbonyl (C=O) groups is 4. The van der Waals surface area contributed by atoms with Crippen molar-refractivity contribution in [2.75, 3.05) is 43.8 Å². The lowest BCUT2D eigenvalue weighted by Gasteiger charge is -2.07. The molecule has 2 aromatic heterocycles. The number of ether oxygens (including phenoxy) is 3. The summed E-state index contributed by atoms with van der Waals surface area (Å²) in [5.74, 6) is -5.45. The number of amides is 2. The molecule has 0 saturated carbocycles. The fraction of sp³-hybridized carbons (Fsp3) is 0.423. The standard InChI is InChI=1S/C26H31N3O9S3/c1-6-37-24(32)21-16(4)22(25(33)38-7-2)40-23(21)27-19(30)13-41(34,35)14-20(31)28-26-29(10-11-36-5)17-9-8-15(3)12-18(17)39-26/h8-9,12H,6-7,10-11,13-14H2,1-5H3,(H,27,30). The van der Waals surface area contributed by atoms with Gasteiger partial charge in [0.2, 0.25) is 5.91 Å². The molecule has 1 aromatic carbocycles. The van der Waals surface area contributed by atoms with Crippen LogP contribution in [0, 0.1) is 13.8 Å². The predicted octanol–water partition coefficient (Wildman–Crippen LogP) is 2.86. The van der Waals surface area contributed by atoms with Gasteiger partial charge in [-0.15, -0.1) is 11.3 Å². The van der Waals surface area contributed by atoms with Crippen molar-refractivity contribution in [3.63, 3.8) is 0 Å². The Hall–Kier alpha value is -3.40. The summed E-state index contributed by atoms with van der Waals surface area (Å²) in [6.07, 6.45) is 0. The minimum Gasteiger partial charge on any atom is -0.462 e. The Kier molecular flexibility index (Phi) is 11.0. The molecule has 0 unspecified atom stereocenters. The van der Waals surface area contributed by atoms with Crippen molar-refractivity contribution in [3.05, 3.63) is 44.6 Å². The van der Waals surface area contributed by atoms with Gasteiger partial charge in [-0.05, 0) is 51.0 Å². The Morgan fingerprint density at radius 3 is 2.34 bits per heavy atom. The van der Waals surface area contributed by atoms with Gasteiger partial charge in [0.25, 0.3) is 5.91 Å². The first-order valence-corrected chi connectivity index (χ1v) is 16.0. The van der Waals surface area contributed by atoms with Gasteiger partial charge in [0.1, 0.15) is 21.4 Å². The molecule has 0 aliphatic carbocycles. The van der Waals surface area contributed by atoms with Crippen molar-refractivity contribution in [2.24, 2.45) is 4.99 Å². The largest absolute Gasteiger partial charge is 0.462 e. The smallest absolute Gasteiger partial charge is 0.348 e. The molecule has 15 heteroatoms. The van der Waals surface area contributed by atoms with Crippen LogP contribution in [0.2, 0.25) is 0 Å². The maximum absolute atomic E-state index is 12.8. The first-order valence-electron chi connectivity index (χ1n) is 12.5. The second-order valence-electron chi connectivity index (χ2n) is 8.79. The number of rotatable bonds is 12. The predicted molar refractivity (Wildman–Crippen MR) is 155 cm³/mol. The van der Waals surface area contributed by atoms with Crippen LogP contribution >= 0.6 is 22.7 Å². The van der Waals surface area contributed by atoms with E-state index in [1.165, 1.54) is 18.3 Å². The Morgan fingerprint density at radius 1 is 1.00 bits per heavy atom. The molecule has 2 amide bonds. The van der Waals surface area contributed by atoms with Gasteiger partial charge in [0.05, 0.1) is 35.6 Å². The number of hydrogen-bond donors (Lipinski definition) is 1. The topological polar surface area (TPSA) is 159 Å². The molecular formula is C26H31N3O9S3. The second-order valence-corrected chi connectivity index (χ2v) is 12.9. The molecule has 0 saturated heterocycles. The molecule has 222 valence electrons. The van der Waals surface area contributed by atoms with E-state index in [0.717, 1.165) is 27.1 Å². The molecule has 0 radical (unpaired) electrons. The highest BCUT2D eigenvalue weighted by atomic mass is 32.2. The maximum atomic E-state index is 12.8. The van der Waals surface area contributed by atoms with Crippen LogP contribution in [0.3, 0.4) is 0 Å². The van der Waals surface area contributed by atoms with Gasteiger partial charge in [-0.25, -0.2) is 18.0 Å². The van der Waals surface area contributed by atoms with Gasteiger partial charge < -0.3 is 24.1 Å².